The average molecular weight is 478 g/mol. The molecule has 0 aromatic carbocycles. The van der Waals surface area contributed by atoms with Gasteiger partial charge in [0.15, 0.2) is 0 Å². The smallest absolute Gasteiger partial charge is 0.307 e. The van der Waals surface area contributed by atoms with Crippen LogP contribution in [0.1, 0.15) is 149 Å². The fraction of sp³-hybridized carbons (Fsp3) is 0.839. The van der Waals surface area contributed by atoms with Gasteiger partial charge >= 0.3 is 5.97 Å². The second kappa shape index (κ2) is 28.1. The molecule has 0 saturated heterocycles. The number of carboxylic acids is 1. The minimum Gasteiger partial charge on any atom is -0.481 e. The van der Waals surface area contributed by atoms with Crippen molar-refractivity contribution in [3.05, 3.63) is 24.3 Å². The fourth-order valence-electron chi connectivity index (χ4n) is 4.31. The highest BCUT2D eigenvalue weighted by Gasteiger charge is 2.16. The Hall–Kier alpha value is -1.09. The van der Waals surface area contributed by atoms with Crippen molar-refractivity contribution in [1.29, 1.82) is 0 Å². The van der Waals surface area contributed by atoms with Crippen LogP contribution in [-0.2, 0) is 4.79 Å². The minimum atomic E-state index is -0.637. The summed E-state index contributed by atoms with van der Waals surface area (Å²) in [6.07, 6.45) is 35.4. The molecular weight excluding hydrogens is 418 g/mol. The van der Waals surface area contributed by atoms with Crippen LogP contribution in [0.25, 0.3) is 0 Å². The van der Waals surface area contributed by atoms with Crippen LogP contribution >= 0.6 is 0 Å². The molecule has 3 heteroatoms. The Bertz CT molecular complexity index is 472. The summed E-state index contributed by atoms with van der Waals surface area (Å²) in [5.74, 6) is -0.865. The number of allylic oxidation sites excluding steroid dienone is 4. The summed E-state index contributed by atoms with van der Waals surface area (Å²) < 4.78 is 0. The van der Waals surface area contributed by atoms with E-state index in [1.807, 2.05) is 0 Å². The van der Waals surface area contributed by atoms with Crippen LogP contribution in [0.5, 0.6) is 0 Å². The van der Waals surface area contributed by atoms with E-state index in [4.69, 9.17) is 0 Å². The molecule has 0 aromatic heterocycles. The van der Waals surface area contributed by atoms with Crippen LogP contribution in [0.15, 0.2) is 24.3 Å². The van der Waals surface area contributed by atoms with E-state index >= 15 is 0 Å². The number of carbonyl (C=O) groups is 1. The molecule has 0 aliphatic heterocycles. The monoisotopic (exact) mass is 477 g/mol. The van der Waals surface area contributed by atoms with Gasteiger partial charge in [-0.2, -0.15) is 0 Å². The maximum Gasteiger partial charge on any atom is 0.307 e. The molecule has 0 aliphatic carbocycles. The van der Waals surface area contributed by atoms with Gasteiger partial charge in [-0.1, -0.05) is 109 Å². The van der Waals surface area contributed by atoms with Gasteiger partial charge in [0.2, 0.25) is 0 Å². The Kier molecular flexibility index (Phi) is 27.2. The first-order chi connectivity index (χ1) is 16.7. The summed E-state index contributed by atoms with van der Waals surface area (Å²) >= 11 is 0. The van der Waals surface area contributed by atoms with Crippen molar-refractivity contribution < 1.29 is 9.90 Å². The van der Waals surface area contributed by atoms with Crippen molar-refractivity contribution in [3.63, 3.8) is 0 Å². The first-order valence-electron chi connectivity index (χ1n) is 15.0. The topological polar surface area (TPSA) is 49.3 Å². The lowest BCUT2D eigenvalue weighted by atomic mass is 10.00. The van der Waals surface area contributed by atoms with E-state index in [1.54, 1.807) is 0 Å². The molecule has 0 bridgehead atoms. The lowest BCUT2D eigenvalue weighted by Gasteiger charge is -2.13. The molecule has 0 spiro atoms. The van der Waals surface area contributed by atoms with Gasteiger partial charge in [-0.25, -0.2) is 0 Å². The SMILES string of the molecule is CCCCC/C=C\CCCCCCCCNCC(CCCCCC/C=C\CCCCC)C(=O)O. The predicted molar refractivity (Wildman–Crippen MR) is 151 cm³/mol. The minimum absolute atomic E-state index is 0.228. The van der Waals surface area contributed by atoms with Gasteiger partial charge in [-0.15, -0.1) is 0 Å². The summed E-state index contributed by atoms with van der Waals surface area (Å²) in [4.78, 5) is 11.5. The Morgan fingerprint density at radius 1 is 0.618 bits per heavy atom. The second-order valence-electron chi connectivity index (χ2n) is 10.1. The zero-order valence-electron chi connectivity index (χ0n) is 23.0. The third-order valence-corrected chi connectivity index (χ3v) is 6.67. The molecule has 0 heterocycles. The van der Waals surface area contributed by atoms with Crippen molar-refractivity contribution in [2.75, 3.05) is 13.1 Å². The van der Waals surface area contributed by atoms with E-state index < -0.39 is 5.97 Å². The average Bonchev–Trinajstić information content (AvgIpc) is 2.83. The number of hydrogen-bond donors (Lipinski definition) is 2. The van der Waals surface area contributed by atoms with Crippen LogP contribution < -0.4 is 5.32 Å². The van der Waals surface area contributed by atoms with E-state index in [0.717, 1.165) is 32.2 Å². The first kappa shape index (κ1) is 32.9. The molecule has 0 aliphatic rings. The number of rotatable bonds is 27. The molecule has 0 rings (SSSR count). The van der Waals surface area contributed by atoms with Gasteiger partial charge in [0.05, 0.1) is 5.92 Å². The van der Waals surface area contributed by atoms with Gasteiger partial charge < -0.3 is 10.4 Å². The van der Waals surface area contributed by atoms with Crippen LogP contribution in [0, 0.1) is 5.92 Å². The molecule has 34 heavy (non-hydrogen) atoms. The van der Waals surface area contributed by atoms with Crippen LogP contribution in [-0.4, -0.2) is 24.2 Å². The van der Waals surface area contributed by atoms with E-state index in [1.165, 1.54) is 109 Å². The summed E-state index contributed by atoms with van der Waals surface area (Å²) in [5, 5.41) is 12.9. The third-order valence-electron chi connectivity index (χ3n) is 6.67. The zero-order valence-corrected chi connectivity index (χ0v) is 23.0. The van der Waals surface area contributed by atoms with E-state index in [2.05, 4.69) is 43.5 Å². The van der Waals surface area contributed by atoms with Crippen molar-refractivity contribution in [3.8, 4) is 0 Å². The summed E-state index contributed by atoms with van der Waals surface area (Å²) in [6.45, 7) is 6.08. The molecule has 3 nitrogen and oxygen atoms in total. The van der Waals surface area contributed by atoms with Crippen molar-refractivity contribution in [2.45, 2.75) is 149 Å². The second-order valence-corrected chi connectivity index (χ2v) is 10.1. The Morgan fingerprint density at radius 3 is 1.50 bits per heavy atom. The van der Waals surface area contributed by atoms with Crippen LogP contribution in [0.2, 0.25) is 0 Å². The summed E-state index contributed by atoms with van der Waals surface area (Å²) in [6, 6.07) is 0. The normalized spacial score (nSPS) is 12.8. The molecule has 2 N–H and O–H groups in total. The molecule has 0 aromatic rings. The van der Waals surface area contributed by atoms with Gasteiger partial charge in [0.1, 0.15) is 0 Å². The summed E-state index contributed by atoms with van der Waals surface area (Å²) in [7, 11) is 0. The summed E-state index contributed by atoms with van der Waals surface area (Å²) in [5.41, 5.74) is 0. The molecule has 0 saturated carbocycles. The maximum atomic E-state index is 11.5. The lowest BCUT2D eigenvalue weighted by Crippen LogP contribution is -2.29. The van der Waals surface area contributed by atoms with Crippen molar-refractivity contribution >= 4 is 5.97 Å². The largest absolute Gasteiger partial charge is 0.481 e. The Morgan fingerprint density at radius 2 is 1.03 bits per heavy atom. The molecule has 0 radical (unpaired) electrons. The quantitative estimate of drug-likeness (QED) is 0.0914. The van der Waals surface area contributed by atoms with Crippen molar-refractivity contribution in [1.82, 2.24) is 5.32 Å². The molecule has 1 unspecified atom stereocenters. The van der Waals surface area contributed by atoms with Gasteiger partial charge in [-0.05, 0) is 70.8 Å². The molecular formula is C31H59NO2. The number of unbranched alkanes of at least 4 members (excludes halogenated alkanes) is 16. The van der Waals surface area contributed by atoms with E-state index in [-0.39, 0.29) is 5.92 Å². The molecule has 200 valence electrons. The molecule has 1 atom stereocenters. The maximum absolute atomic E-state index is 11.5. The van der Waals surface area contributed by atoms with E-state index in [0.29, 0.717) is 6.54 Å². The number of aliphatic carboxylic acids is 1. The Balaban J connectivity index is 3.49. The van der Waals surface area contributed by atoms with Gasteiger partial charge in [-0.3, -0.25) is 4.79 Å². The van der Waals surface area contributed by atoms with Crippen LogP contribution in [0.3, 0.4) is 0 Å². The molecule has 0 fully saturated rings. The van der Waals surface area contributed by atoms with E-state index in [9.17, 15) is 9.90 Å². The first-order valence-corrected chi connectivity index (χ1v) is 15.0. The Labute approximate surface area is 213 Å². The number of carboxylic acid groups (broad SMARTS) is 1. The van der Waals surface area contributed by atoms with Crippen LogP contribution in [0.4, 0.5) is 0 Å². The predicted octanol–water partition coefficient (Wildman–Crippen LogP) is 9.62. The highest BCUT2D eigenvalue weighted by atomic mass is 16.4. The van der Waals surface area contributed by atoms with Gasteiger partial charge in [0, 0.05) is 6.54 Å². The highest BCUT2D eigenvalue weighted by molar-refractivity contribution is 5.70. The standard InChI is InChI=1S/C31H59NO2/c1-3-5-7-9-11-13-15-16-18-20-22-24-26-28-32-29-30(31(33)34)27-25-23-21-19-17-14-12-10-8-6-4-2/h11-14,30,32H,3-10,15-29H2,1-2H3,(H,33,34)/b13-11-,14-12-. The van der Waals surface area contributed by atoms with Crippen molar-refractivity contribution in [2.24, 2.45) is 5.92 Å². The lowest BCUT2D eigenvalue weighted by molar-refractivity contribution is -0.141. The highest BCUT2D eigenvalue weighted by Crippen LogP contribution is 2.13. The third kappa shape index (κ3) is 25.5. The zero-order chi connectivity index (χ0) is 25.0. The van der Waals surface area contributed by atoms with Gasteiger partial charge in [0.25, 0.3) is 0 Å². The molecule has 0 amide bonds. The fourth-order valence-corrected chi connectivity index (χ4v) is 4.31. The number of hydrogen-bond acceptors (Lipinski definition) is 2. The number of nitrogens with one attached hydrogen (secondary N) is 1.